The molecule has 0 unspecified atom stereocenters. The fraction of sp³-hybridized carbons (Fsp3) is 0.480. The van der Waals surface area contributed by atoms with Crippen molar-refractivity contribution in [3.63, 3.8) is 0 Å². The Hall–Kier alpha value is -2.08. The summed E-state index contributed by atoms with van der Waals surface area (Å²) < 4.78 is 5.99. The Morgan fingerprint density at radius 1 is 1.00 bits per heavy atom. The van der Waals surface area contributed by atoms with Crippen LogP contribution in [0.2, 0.25) is 5.02 Å². The highest BCUT2D eigenvalue weighted by atomic mass is 35.5. The van der Waals surface area contributed by atoms with Crippen LogP contribution >= 0.6 is 11.6 Å². The third-order valence-electron chi connectivity index (χ3n) is 6.34. The van der Waals surface area contributed by atoms with Gasteiger partial charge in [-0.2, -0.15) is 0 Å². The molecule has 5 nitrogen and oxygen atoms in total. The van der Waals surface area contributed by atoms with Crippen LogP contribution in [0.15, 0.2) is 48.5 Å². The summed E-state index contributed by atoms with van der Waals surface area (Å²) >= 11 is 5.91. The Morgan fingerprint density at radius 2 is 1.68 bits per heavy atom. The minimum Gasteiger partial charge on any atom is -0.493 e. The molecule has 2 heterocycles. The molecule has 2 aromatic carbocycles. The highest BCUT2D eigenvalue weighted by Crippen LogP contribution is 2.23. The van der Waals surface area contributed by atoms with Crippen molar-refractivity contribution in [3.8, 4) is 5.75 Å². The Labute approximate surface area is 190 Å². The number of ether oxygens (including phenoxy) is 1. The van der Waals surface area contributed by atoms with E-state index in [1.807, 2.05) is 12.1 Å². The average molecular weight is 442 g/mol. The second kappa shape index (κ2) is 11.0. The molecular formula is C25H32ClN3O2. The molecule has 2 fully saturated rings. The van der Waals surface area contributed by atoms with Gasteiger partial charge < -0.3 is 15.4 Å². The van der Waals surface area contributed by atoms with Gasteiger partial charge in [0.05, 0.1) is 6.61 Å². The van der Waals surface area contributed by atoms with Crippen molar-refractivity contribution in [1.29, 1.82) is 0 Å². The van der Waals surface area contributed by atoms with Crippen molar-refractivity contribution in [1.82, 2.24) is 10.2 Å². The summed E-state index contributed by atoms with van der Waals surface area (Å²) in [6.07, 6.45) is 4.17. The van der Waals surface area contributed by atoms with Gasteiger partial charge in [0.25, 0.3) is 0 Å². The minimum atomic E-state index is 0.0673. The van der Waals surface area contributed by atoms with Gasteiger partial charge in [-0.3, -0.25) is 9.69 Å². The summed E-state index contributed by atoms with van der Waals surface area (Å²) in [6, 6.07) is 15.8. The van der Waals surface area contributed by atoms with Gasteiger partial charge in [0.1, 0.15) is 5.75 Å². The zero-order valence-corrected chi connectivity index (χ0v) is 18.7. The van der Waals surface area contributed by atoms with Crippen LogP contribution < -0.4 is 15.4 Å². The van der Waals surface area contributed by atoms with Gasteiger partial charge in [0.15, 0.2) is 0 Å². The van der Waals surface area contributed by atoms with Crippen LogP contribution in [0, 0.1) is 11.8 Å². The molecule has 0 aliphatic carbocycles. The predicted octanol–water partition coefficient (Wildman–Crippen LogP) is 4.57. The average Bonchev–Trinajstić information content (AvgIpc) is 2.81. The Kier molecular flexibility index (Phi) is 7.84. The number of carbonyl (C=O) groups excluding carboxylic acids is 1. The smallest absolute Gasteiger partial charge is 0.227 e. The number of hydrogen-bond acceptors (Lipinski definition) is 4. The number of halogens is 1. The molecule has 4 rings (SSSR count). The lowest BCUT2D eigenvalue weighted by molar-refractivity contribution is -0.121. The van der Waals surface area contributed by atoms with Gasteiger partial charge in [-0.25, -0.2) is 0 Å². The van der Waals surface area contributed by atoms with E-state index >= 15 is 0 Å². The van der Waals surface area contributed by atoms with Gasteiger partial charge in [-0.1, -0.05) is 23.7 Å². The van der Waals surface area contributed by atoms with Crippen molar-refractivity contribution in [2.75, 3.05) is 38.1 Å². The van der Waals surface area contributed by atoms with E-state index < -0.39 is 0 Å². The minimum absolute atomic E-state index is 0.0673. The quantitative estimate of drug-likeness (QED) is 0.660. The fourth-order valence-corrected chi connectivity index (χ4v) is 4.47. The first-order chi connectivity index (χ1) is 15.2. The van der Waals surface area contributed by atoms with Crippen molar-refractivity contribution in [2.45, 2.75) is 32.2 Å². The monoisotopic (exact) mass is 441 g/mol. The summed E-state index contributed by atoms with van der Waals surface area (Å²) in [7, 11) is 0. The number of likely N-dealkylation sites (tertiary alicyclic amines) is 1. The van der Waals surface area contributed by atoms with E-state index in [9.17, 15) is 4.79 Å². The summed E-state index contributed by atoms with van der Waals surface area (Å²) in [4.78, 5) is 15.0. The zero-order valence-electron chi connectivity index (χ0n) is 18.0. The molecule has 2 N–H and O–H groups in total. The van der Waals surface area contributed by atoms with E-state index in [0.717, 1.165) is 63.6 Å². The number of benzene rings is 2. The predicted molar refractivity (Wildman–Crippen MR) is 126 cm³/mol. The van der Waals surface area contributed by atoms with Gasteiger partial charge in [-0.05, 0) is 99.7 Å². The Bertz CT molecular complexity index is 827. The number of anilines is 1. The SMILES string of the molecule is O=C(Nc1ccc(Cl)cc1)C1CCN(Cc2ccc(OCC3CCNCC3)cc2)CC1. The summed E-state index contributed by atoms with van der Waals surface area (Å²) in [6.45, 7) is 5.81. The lowest BCUT2D eigenvalue weighted by atomic mass is 9.95. The number of piperidine rings is 2. The number of amides is 1. The first-order valence-corrected chi connectivity index (χ1v) is 11.7. The van der Waals surface area contributed by atoms with Gasteiger partial charge in [-0.15, -0.1) is 0 Å². The second-order valence-corrected chi connectivity index (χ2v) is 9.13. The van der Waals surface area contributed by atoms with Gasteiger partial charge in [0.2, 0.25) is 5.91 Å². The van der Waals surface area contributed by atoms with E-state index in [1.165, 1.54) is 18.4 Å². The van der Waals surface area contributed by atoms with E-state index in [-0.39, 0.29) is 11.8 Å². The van der Waals surface area contributed by atoms with E-state index in [0.29, 0.717) is 10.9 Å². The van der Waals surface area contributed by atoms with Crippen LogP contribution in [-0.2, 0) is 11.3 Å². The molecule has 166 valence electrons. The molecule has 0 spiro atoms. The molecule has 0 aromatic heterocycles. The molecule has 6 heteroatoms. The zero-order chi connectivity index (χ0) is 21.5. The van der Waals surface area contributed by atoms with Crippen LogP contribution in [0.5, 0.6) is 5.75 Å². The molecule has 31 heavy (non-hydrogen) atoms. The van der Waals surface area contributed by atoms with Crippen LogP contribution in [-0.4, -0.2) is 43.6 Å². The molecule has 0 bridgehead atoms. The molecule has 2 aliphatic heterocycles. The molecule has 2 aliphatic rings. The Balaban J connectivity index is 1.18. The largest absolute Gasteiger partial charge is 0.493 e. The molecule has 1 amide bonds. The van der Waals surface area contributed by atoms with Crippen LogP contribution in [0.4, 0.5) is 5.69 Å². The highest BCUT2D eigenvalue weighted by molar-refractivity contribution is 6.30. The first-order valence-electron chi connectivity index (χ1n) is 11.4. The van der Waals surface area contributed by atoms with Crippen molar-refractivity contribution in [2.24, 2.45) is 11.8 Å². The number of rotatable bonds is 7. The lowest BCUT2D eigenvalue weighted by Gasteiger charge is -2.31. The Morgan fingerprint density at radius 3 is 2.35 bits per heavy atom. The van der Waals surface area contributed by atoms with Gasteiger partial charge in [0, 0.05) is 23.2 Å². The van der Waals surface area contributed by atoms with Crippen molar-refractivity contribution < 1.29 is 9.53 Å². The third kappa shape index (κ3) is 6.70. The second-order valence-electron chi connectivity index (χ2n) is 8.69. The number of hydrogen-bond donors (Lipinski definition) is 2. The first kappa shape index (κ1) is 22.1. The molecular weight excluding hydrogens is 410 g/mol. The summed E-state index contributed by atoms with van der Waals surface area (Å²) in [5, 5.41) is 7.08. The standard InChI is InChI=1S/C25H32ClN3O2/c26-22-3-5-23(6-4-22)28-25(30)21-11-15-29(16-12-21)17-19-1-7-24(8-2-19)31-18-20-9-13-27-14-10-20/h1-8,20-21,27H,9-18H2,(H,28,30). The molecule has 0 atom stereocenters. The lowest BCUT2D eigenvalue weighted by Crippen LogP contribution is -2.37. The normalized spacial score (nSPS) is 18.6. The highest BCUT2D eigenvalue weighted by Gasteiger charge is 2.25. The molecule has 0 radical (unpaired) electrons. The molecule has 0 saturated carbocycles. The summed E-state index contributed by atoms with van der Waals surface area (Å²) in [5.74, 6) is 1.80. The van der Waals surface area contributed by atoms with E-state index in [4.69, 9.17) is 16.3 Å². The maximum absolute atomic E-state index is 12.6. The fourth-order valence-electron chi connectivity index (χ4n) is 4.34. The van der Waals surface area contributed by atoms with E-state index in [2.05, 4.69) is 39.8 Å². The van der Waals surface area contributed by atoms with Crippen molar-refractivity contribution in [3.05, 3.63) is 59.1 Å². The maximum atomic E-state index is 12.6. The number of carbonyl (C=O) groups is 1. The van der Waals surface area contributed by atoms with E-state index in [1.54, 1.807) is 12.1 Å². The van der Waals surface area contributed by atoms with Crippen molar-refractivity contribution >= 4 is 23.2 Å². The van der Waals surface area contributed by atoms with Crippen LogP contribution in [0.25, 0.3) is 0 Å². The summed E-state index contributed by atoms with van der Waals surface area (Å²) in [5.41, 5.74) is 2.09. The van der Waals surface area contributed by atoms with Gasteiger partial charge >= 0.3 is 0 Å². The number of nitrogens with zero attached hydrogens (tertiary/aromatic N) is 1. The topological polar surface area (TPSA) is 53.6 Å². The third-order valence-corrected chi connectivity index (χ3v) is 6.60. The van der Waals surface area contributed by atoms with Crippen LogP contribution in [0.1, 0.15) is 31.2 Å². The number of nitrogens with one attached hydrogen (secondary N) is 2. The molecule has 2 aromatic rings. The van der Waals surface area contributed by atoms with Crippen LogP contribution in [0.3, 0.4) is 0 Å². The maximum Gasteiger partial charge on any atom is 0.227 e. The molecule has 2 saturated heterocycles.